The van der Waals surface area contributed by atoms with Gasteiger partial charge in [0.1, 0.15) is 11.6 Å². The first kappa shape index (κ1) is 14.4. The van der Waals surface area contributed by atoms with Crippen LogP contribution in [0.25, 0.3) is 0 Å². The van der Waals surface area contributed by atoms with E-state index in [1.165, 1.54) is 19.3 Å². The minimum Gasteiger partial charge on any atom is -0.373 e. The van der Waals surface area contributed by atoms with E-state index in [0.717, 1.165) is 28.6 Å². The fraction of sp³-hybridized carbons (Fsp3) is 0.714. The molecule has 0 saturated heterocycles. The third-order valence-electron chi connectivity index (χ3n) is 3.67. The lowest BCUT2D eigenvalue weighted by molar-refractivity contribution is 0.280. The van der Waals surface area contributed by atoms with E-state index < -0.39 is 0 Å². The molecule has 1 aliphatic rings. The normalized spacial score (nSPS) is 27.1. The molecule has 1 aliphatic carbocycles. The second-order valence-corrected chi connectivity index (χ2v) is 6.41. The molecule has 0 aromatic carbocycles. The maximum Gasteiger partial charge on any atom is 0.191 e. The summed E-state index contributed by atoms with van der Waals surface area (Å²) in [5.74, 6) is 3.41. The second-order valence-electron chi connectivity index (χ2n) is 5.63. The van der Waals surface area contributed by atoms with Crippen LogP contribution in [-0.2, 0) is 0 Å². The average molecular weight is 280 g/mol. The Bertz CT molecular complexity index is 392. The van der Waals surface area contributed by atoms with Gasteiger partial charge in [-0.1, -0.05) is 25.6 Å². The van der Waals surface area contributed by atoms with E-state index in [4.69, 9.17) is 0 Å². The maximum atomic E-state index is 4.54. The van der Waals surface area contributed by atoms with Gasteiger partial charge in [-0.3, -0.25) is 0 Å². The molecule has 1 fully saturated rings. The quantitative estimate of drug-likeness (QED) is 0.653. The molecule has 1 heterocycles. The Labute approximate surface area is 120 Å². The number of nitrogens with zero attached hydrogens (tertiary/aromatic N) is 2. The SMILES string of the molecule is CNc1cc(NC2CC(C)CC(C)C2)nc(SC)n1. The van der Waals surface area contributed by atoms with Crippen LogP contribution in [0, 0.1) is 11.8 Å². The van der Waals surface area contributed by atoms with Gasteiger partial charge in [-0.2, -0.15) is 0 Å². The summed E-state index contributed by atoms with van der Waals surface area (Å²) in [7, 11) is 1.89. The molecular weight excluding hydrogens is 256 g/mol. The van der Waals surface area contributed by atoms with Crippen LogP contribution < -0.4 is 10.6 Å². The molecule has 1 aromatic heterocycles. The molecular formula is C14H24N4S. The molecule has 106 valence electrons. The zero-order valence-electron chi connectivity index (χ0n) is 12.2. The molecule has 2 atom stereocenters. The van der Waals surface area contributed by atoms with Gasteiger partial charge in [0.05, 0.1) is 0 Å². The first-order valence-electron chi connectivity index (χ1n) is 6.98. The van der Waals surface area contributed by atoms with Crippen LogP contribution in [0.2, 0.25) is 0 Å². The molecule has 19 heavy (non-hydrogen) atoms. The summed E-state index contributed by atoms with van der Waals surface area (Å²) < 4.78 is 0. The largest absolute Gasteiger partial charge is 0.373 e. The maximum absolute atomic E-state index is 4.54. The van der Waals surface area contributed by atoms with Crippen molar-refractivity contribution >= 4 is 23.4 Å². The molecule has 1 aromatic rings. The van der Waals surface area contributed by atoms with Crippen molar-refractivity contribution in [3.8, 4) is 0 Å². The fourth-order valence-corrected chi connectivity index (χ4v) is 3.37. The zero-order valence-corrected chi connectivity index (χ0v) is 13.0. The fourth-order valence-electron chi connectivity index (χ4n) is 2.99. The van der Waals surface area contributed by atoms with Crippen molar-refractivity contribution in [2.45, 2.75) is 44.3 Å². The van der Waals surface area contributed by atoms with Crippen LogP contribution in [0.4, 0.5) is 11.6 Å². The molecule has 0 bridgehead atoms. The van der Waals surface area contributed by atoms with Gasteiger partial charge in [-0.15, -0.1) is 0 Å². The molecule has 4 nitrogen and oxygen atoms in total. The van der Waals surface area contributed by atoms with Crippen molar-refractivity contribution in [1.82, 2.24) is 9.97 Å². The van der Waals surface area contributed by atoms with Gasteiger partial charge in [0.15, 0.2) is 5.16 Å². The molecule has 2 N–H and O–H groups in total. The van der Waals surface area contributed by atoms with Crippen LogP contribution in [0.1, 0.15) is 33.1 Å². The summed E-state index contributed by atoms with van der Waals surface area (Å²) in [6.45, 7) is 4.69. The number of thioether (sulfide) groups is 1. The highest BCUT2D eigenvalue weighted by molar-refractivity contribution is 7.98. The van der Waals surface area contributed by atoms with Crippen molar-refractivity contribution in [1.29, 1.82) is 0 Å². The number of hydrogen-bond donors (Lipinski definition) is 2. The number of rotatable bonds is 4. The predicted octanol–water partition coefficient (Wildman–Crippen LogP) is 3.48. The van der Waals surface area contributed by atoms with E-state index >= 15 is 0 Å². The predicted molar refractivity (Wildman–Crippen MR) is 82.9 cm³/mol. The number of nitrogens with one attached hydrogen (secondary N) is 2. The van der Waals surface area contributed by atoms with Gasteiger partial charge in [0, 0.05) is 19.2 Å². The number of anilines is 2. The molecule has 1 saturated carbocycles. The number of aromatic nitrogens is 2. The summed E-state index contributed by atoms with van der Waals surface area (Å²) in [4.78, 5) is 8.94. The van der Waals surface area contributed by atoms with Crippen molar-refractivity contribution in [3.05, 3.63) is 6.07 Å². The van der Waals surface area contributed by atoms with Crippen LogP contribution in [-0.4, -0.2) is 29.3 Å². The third-order valence-corrected chi connectivity index (χ3v) is 4.22. The first-order valence-corrected chi connectivity index (χ1v) is 8.20. The van der Waals surface area contributed by atoms with E-state index in [-0.39, 0.29) is 0 Å². The van der Waals surface area contributed by atoms with Crippen molar-refractivity contribution in [2.75, 3.05) is 23.9 Å². The van der Waals surface area contributed by atoms with Crippen molar-refractivity contribution < 1.29 is 0 Å². The number of hydrogen-bond acceptors (Lipinski definition) is 5. The van der Waals surface area contributed by atoms with Crippen LogP contribution in [0.5, 0.6) is 0 Å². The lowest BCUT2D eigenvalue weighted by Gasteiger charge is -2.32. The summed E-state index contributed by atoms with van der Waals surface area (Å²) >= 11 is 1.57. The summed E-state index contributed by atoms with van der Waals surface area (Å²) in [5.41, 5.74) is 0. The zero-order chi connectivity index (χ0) is 13.8. The molecule has 0 amide bonds. The molecule has 2 rings (SSSR count). The summed E-state index contributed by atoms with van der Waals surface area (Å²) in [6.07, 6.45) is 5.82. The lowest BCUT2D eigenvalue weighted by Crippen LogP contribution is -2.30. The van der Waals surface area contributed by atoms with E-state index in [1.807, 2.05) is 19.4 Å². The Morgan fingerprint density at radius 2 is 1.74 bits per heavy atom. The minimum absolute atomic E-state index is 0.535. The van der Waals surface area contributed by atoms with E-state index in [1.54, 1.807) is 11.8 Å². The Hall–Kier alpha value is -0.970. The Balaban J connectivity index is 2.09. The first-order chi connectivity index (χ1) is 9.10. The van der Waals surface area contributed by atoms with E-state index in [2.05, 4.69) is 34.4 Å². The average Bonchev–Trinajstić information content (AvgIpc) is 2.37. The van der Waals surface area contributed by atoms with Crippen molar-refractivity contribution in [3.63, 3.8) is 0 Å². The highest BCUT2D eigenvalue weighted by Gasteiger charge is 2.24. The van der Waals surface area contributed by atoms with Crippen LogP contribution in [0.3, 0.4) is 0 Å². The highest BCUT2D eigenvalue weighted by Crippen LogP contribution is 2.30. The van der Waals surface area contributed by atoms with E-state index in [9.17, 15) is 0 Å². The Morgan fingerprint density at radius 1 is 1.11 bits per heavy atom. The van der Waals surface area contributed by atoms with Gasteiger partial charge >= 0.3 is 0 Å². The van der Waals surface area contributed by atoms with Gasteiger partial charge in [-0.25, -0.2) is 9.97 Å². The lowest BCUT2D eigenvalue weighted by atomic mass is 9.80. The van der Waals surface area contributed by atoms with Gasteiger partial charge in [0.2, 0.25) is 0 Å². The Kier molecular flexibility index (Phi) is 4.91. The summed E-state index contributed by atoms with van der Waals surface area (Å²) in [5, 5.41) is 7.49. The van der Waals surface area contributed by atoms with E-state index in [0.29, 0.717) is 6.04 Å². The van der Waals surface area contributed by atoms with Gasteiger partial charge in [0.25, 0.3) is 0 Å². The topological polar surface area (TPSA) is 49.8 Å². The highest BCUT2D eigenvalue weighted by atomic mass is 32.2. The Morgan fingerprint density at radius 3 is 2.32 bits per heavy atom. The van der Waals surface area contributed by atoms with Crippen molar-refractivity contribution in [2.24, 2.45) is 11.8 Å². The molecule has 5 heteroatoms. The monoisotopic (exact) mass is 280 g/mol. The third kappa shape index (κ3) is 4.00. The molecule has 0 aliphatic heterocycles. The second kappa shape index (κ2) is 6.46. The summed E-state index contributed by atoms with van der Waals surface area (Å²) in [6, 6.07) is 2.52. The molecule has 0 radical (unpaired) electrons. The molecule has 0 spiro atoms. The minimum atomic E-state index is 0.535. The van der Waals surface area contributed by atoms with Crippen LogP contribution >= 0.6 is 11.8 Å². The molecule has 2 unspecified atom stereocenters. The van der Waals surface area contributed by atoms with Gasteiger partial charge < -0.3 is 10.6 Å². The van der Waals surface area contributed by atoms with Crippen LogP contribution in [0.15, 0.2) is 11.2 Å². The van der Waals surface area contributed by atoms with Gasteiger partial charge in [-0.05, 0) is 37.4 Å². The standard InChI is InChI=1S/C14H24N4S/c1-9-5-10(2)7-11(6-9)16-13-8-12(15-3)17-14(18-13)19-4/h8-11H,5-7H2,1-4H3,(H2,15,16,17,18). The smallest absolute Gasteiger partial charge is 0.191 e.